The number of hydrogen-bond acceptors (Lipinski definition) is 3. The molecule has 140 valence electrons. The summed E-state index contributed by atoms with van der Waals surface area (Å²) in [6.45, 7) is 2.76. The zero-order valence-electron chi connectivity index (χ0n) is 15.8. The second-order valence-corrected chi connectivity index (χ2v) is 6.64. The maximum atomic E-state index is 13.3. The van der Waals surface area contributed by atoms with E-state index in [9.17, 15) is 4.79 Å². The van der Waals surface area contributed by atoms with Gasteiger partial charge in [0.25, 0.3) is 0 Å². The summed E-state index contributed by atoms with van der Waals surface area (Å²) in [5.41, 5.74) is 3.84. The van der Waals surface area contributed by atoms with E-state index in [1.807, 2.05) is 72.5 Å². The molecular weight excluding hydrogens is 348 g/mol. The molecule has 0 unspecified atom stereocenters. The summed E-state index contributed by atoms with van der Waals surface area (Å²) >= 11 is 0. The van der Waals surface area contributed by atoms with Crippen molar-refractivity contribution in [1.29, 1.82) is 0 Å². The molecule has 0 saturated heterocycles. The summed E-state index contributed by atoms with van der Waals surface area (Å²) in [5.74, 6) is 0.0101. The van der Waals surface area contributed by atoms with Crippen molar-refractivity contribution in [3.8, 4) is 0 Å². The Morgan fingerprint density at radius 1 is 0.893 bits per heavy atom. The van der Waals surface area contributed by atoms with Crippen LogP contribution >= 0.6 is 0 Å². The molecule has 5 heteroatoms. The van der Waals surface area contributed by atoms with E-state index in [0.717, 1.165) is 22.2 Å². The molecule has 3 aromatic carbocycles. The molecule has 0 saturated carbocycles. The summed E-state index contributed by atoms with van der Waals surface area (Å²) in [7, 11) is 0. The molecule has 5 nitrogen and oxygen atoms in total. The van der Waals surface area contributed by atoms with Gasteiger partial charge in [-0.2, -0.15) is 0 Å². The topological polar surface area (TPSA) is 51.0 Å². The molecule has 0 spiro atoms. The predicted molar refractivity (Wildman–Crippen MR) is 110 cm³/mol. The molecule has 1 amide bonds. The van der Waals surface area contributed by atoms with Crippen molar-refractivity contribution in [1.82, 2.24) is 19.9 Å². The third kappa shape index (κ3) is 3.51. The first-order valence-electron chi connectivity index (χ1n) is 9.45. The van der Waals surface area contributed by atoms with Gasteiger partial charge < -0.3 is 4.90 Å². The van der Waals surface area contributed by atoms with Crippen molar-refractivity contribution < 1.29 is 4.79 Å². The van der Waals surface area contributed by atoms with Crippen LogP contribution < -0.4 is 0 Å². The van der Waals surface area contributed by atoms with E-state index in [2.05, 4.69) is 34.6 Å². The Bertz CT molecular complexity index is 1020. The molecule has 0 N–H and O–H groups in total. The molecule has 28 heavy (non-hydrogen) atoms. The molecule has 0 bridgehead atoms. The summed E-state index contributed by atoms with van der Waals surface area (Å²) in [4.78, 5) is 15.2. The molecule has 0 fully saturated rings. The lowest BCUT2D eigenvalue weighted by Crippen LogP contribution is -2.37. The van der Waals surface area contributed by atoms with Gasteiger partial charge in [0.1, 0.15) is 12.1 Å². The second-order valence-electron chi connectivity index (χ2n) is 6.64. The fourth-order valence-corrected chi connectivity index (χ4v) is 3.58. The van der Waals surface area contributed by atoms with Crippen molar-refractivity contribution in [3.63, 3.8) is 0 Å². The van der Waals surface area contributed by atoms with E-state index in [0.29, 0.717) is 6.54 Å². The van der Waals surface area contributed by atoms with Crippen LogP contribution in [0, 0.1) is 0 Å². The van der Waals surface area contributed by atoms with E-state index in [-0.39, 0.29) is 18.5 Å². The highest BCUT2D eigenvalue weighted by Gasteiger charge is 2.26. The lowest BCUT2D eigenvalue weighted by Gasteiger charge is -2.32. The summed E-state index contributed by atoms with van der Waals surface area (Å²) in [5, 5.41) is 8.34. The fraction of sp³-hybridized carbons (Fsp3) is 0.174. The lowest BCUT2D eigenvalue weighted by molar-refractivity contribution is -0.133. The normalized spacial score (nSPS) is 11.1. The first kappa shape index (κ1) is 17.9. The van der Waals surface area contributed by atoms with Crippen LogP contribution in [0.5, 0.6) is 0 Å². The Morgan fingerprint density at radius 2 is 1.46 bits per heavy atom. The smallest absolute Gasteiger partial charge is 0.245 e. The molecule has 0 aliphatic carbocycles. The van der Waals surface area contributed by atoms with Crippen molar-refractivity contribution in [3.05, 3.63) is 96.1 Å². The average molecular weight is 370 g/mol. The molecule has 4 rings (SSSR count). The van der Waals surface area contributed by atoms with Crippen LogP contribution in [0.25, 0.3) is 11.0 Å². The molecular formula is C23H22N4O. The van der Waals surface area contributed by atoms with Crippen LogP contribution in [0.15, 0.2) is 84.9 Å². The zero-order chi connectivity index (χ0) is 19.3. The number of carbonyl (C=O) groups is 1. The number of rotatable bonds is 6. The van der Waals surface area contributed by atoms with Crippen LogP contribution in [-0.4, -0.2) is 32.3 Å². The number of para-hydroxylation sites is 1. The highest BCUT2D eigenvalue weighted by atomic mass is 16.2. The Kier molecular flexibility index (Phi) is 5.15. The Morgan fingerprint density at radius 3 is 2.07 bits per heavy atom. The quantitative estimate of drug-likeness (QED) is 0.514. The number of amides is 1. The zero-order valence-corrected chi connectivity index (χ0v) is 15.8. The minimum atomic E-state index is -0.144. The molecule has 1 heterocycles. The van der Waals surface area contributed by atoms with Gasteiger partial charge in [-0.3, -0.25) is 4.79 Å². The first-order chi connectivity index (χ1) is 13.8. The molecule has 4 aromatic rings. The monoisotopic (exact) mass is 370 g/mol. The predicted octanol–water partition coefficient (Wildman–Crippen LogP) is 4.07. The summed E-state index contributed by atoms with van der Waals surface area (Å²) in [6.07, 6.45) is 0. The number of fused-ring (bicyclic) bond motifs is 1. The SMILES string of the molecule is CCN(C(=O)Cn1nnc2ccccc21)C(c1ccccc1)c1ccccc1. The van der Waals surface area contributed by atoms with Gasteiger partial charge in [-0.15, -0.1) is 5.10 Å². The number of nitrogens with zero attached hydrogens (tertiary/aromatic N) is 4. The molecule has 0 radical (unpaired) electrons. The van der Waals surface area contributed by atoms with Crippen LogP contribution in [-0.2, 0) is 11.3 Å². The van der Waals surface area contributed by atoms with Gasteiger partial charge in [-0.25, -0.2) is 4.68 Å². The minimum absolute atomic E-state index is 0.0101. The maximum Gasteiger partial charge on any atom is 0.245 e. The third-order valence-electron chi connectivity index (χ3n) is 4.91. The fourth-order valence-electron chi connectivity index (χ4n) is 3.58. The largest absolute Gasteiger partial charge is 0.330 e. The standard InChI is InChI=1S/C23H22N4O/c1-2-26(22(28)17-27-21-16-10-9-15-20(21)24-25-27)23(18-11-5-3-6-12-18)19-13-7-4-8-14-19/h3-16,23H,2,17H2,1H3. The molecule has 1 aromatic heterocycles. The summed E-state index contributed by atoms with van der Waals surface area (Å²) in [6, 6.07) is 27.8. The number of aromatic nitrogens is 3. The van der Waals surface area contributed by atoms with Gasteiger partial charge in [-0.05, 0) is 30.2 Å². The van der Waals surface area contributed by atoms with E-state index in [4.69, 9.17) is 0 Å². The van der Waals surface area contributed by atoms with Crippen LogP contribution in [0.2, 0.25) is 0 Å². The van der Waals surface area contributed by atoms with Gasteiger partial charge in [0.05, 0.1) is 11.6 Å². The average Bonchev–Trinajstić information content (AvgIpc) is 3.16. The van der Waals surface area contributed by atoms with Gasteiger partial charge in [0.15, 0.2) is 0 Å². The second kappa shape index (κ2) is 8.05. The third-order valence-corrected chi connectivity index (χ3v) is 4.91. The van der Waals surface area contributed by atoms with Gasteiger partial charge in [0.2, 0.25) is 5.91 Å². The number of likely N-dealkylation sites (N-methyl/N-ethyl adjacent to an activating group) is 1. The van der Waals surface area contributed by atoms with E-state index >= 15 is 0 Å². The van der Waals surface area contributed by atoms with Gasteiger partial charge in [-0.1, -0.05) is 78.0 Å². The minimum Gasteiger partial charge on any atom is -0.330 e. The van der Waals surface area contributed by atoms with Crippen molar-refractivity contribution in [2.75, 3.05) is 6.54 Å². The lowest BCUT2D eigenvalue weighted by atomic mass is 9.97. The van der Waals surface area contributed by atoms with Crippen molar-refractivity contribution in [2.24, 2.45) is 0 Å². The highest BCUT2D eigenvalue weighted by molar-refractivity contribution is 5.80. The number of benzene rings is 3. The number of carbonyl (C=O) groups excluding carboxylic acids is 1. The molecule has 0 atom stereocenters. The van der Waals surface area contributed by atoms with Crippen LogP contribution in [0.4, 0.5) is 0 Å². The molecule has 0 aliphatic heterocycles. The van der Waals surface area contributed by atoms with Crippen LogP contribution in [0.1, 0.15) is 24.1 Å². The van der Waals surface area contributed by atoms with Crippen LogP contribution in [0.3, 0.4) is 0 Å². The van der Waals surface area contributed by atoms with E-state index < -0.39 is 0 Å². The Labute approximate surface area is 164 Å². The summed E-state index contributed by atoms with van der Waals surface area (Å²) < 4.78 is 1.67. The van der Waals surface area contributed by atoms with Gasteiger partial charge in [0, 0.05) is 6.54 Å². The Balaban J connectivity index is 1.68. The van der Waals surface area contributed by atoms with Crippen molar-refractivity contribution in [2.45, 2.75) is 19.5 Å². The maximum absolute atomic E-state index is 13.3. The number of hydrogen-bond donors (Lipinski definition) is 0. The van der Waals surface area contributed by atoms with Gasteiger partial charge >= 0.3 is 0 Å². The highest BCUT2D eigenvalue weighted by Crippen LogP contribution is 2.29. The molecule has 0 aliphatic rings. The first-order valence-corrected chi connectivity index (χ1v) is 9.45. The van der Waals surface area contributed by atoms with E-state index in [1.165, 1.54) is 0 Å². The Hall–Kier alpha value is -3.47. The van der Waals surface area contributed by atoms with Crippen molar-refractivity contribution >= 4 is 16.9 Å². The van der Waals surface area contributed by atoms with E-state index in [1.54, 1.807) is 4.68 Å².